The number of amides is 3. The molecular formula is C49H82N6O7S. The number of carbonyl (C=O) groups is 4. The molecule has 0 radical (unpaired) electrons. The minimum atomic E-state index is -0.602. The van der Waals surface area contributed by atoms with Crippen LogP contribution in [0.2, 0.25) is 0 Å². The van der Waals surface area contributed by atoms with Gasteiger partial charge in [0, 0.05) is 70.9 Å². The average molecular weight is 899 g/mol. The average Bonchev–Trinajstić information content (AvgIpc) is 3.97. The molecule has 1 fully saturated rings. The summed E-state index contributed by atoms with van der Waals surface area (Å²) in [6, 6.07) is 9.03. The molecule has 1 aromatic heterocycles. The van der Waals surface area contributed by atoms with E-state index in [1.54, 1.807) is 32.4 Å². The molecule has 0 spiro atoms. The zero-order chi connectivity index (χ0) is 46.8. The Hall–Kier alpha value is -3.27. The number of nitrogens with one attached hydrogen (secondary N) is 2. The van der Waals surface area contributed by atoms with E-state index in [9.17, 15) is 19.2 Å². The van der Waals surface area contributed by atoms with E-state index in [0.717, 1.165) is 30.0 Å². The van der Waals surface area contributed by atoms with Gasteiger partial charge >= 0.3 is 0 Å². The van der Waals surface area contributed by atoms with Gasteiger partial charge in [-0.05, 0) is 49.6 Å². The van der Waals surface area contributed by atoms with Gasteiger partial charge in [-0.15, -0.1) is 11.3 Å². The van der Waals surface area contributed by atoms with Crippen LogP contribution >= 0.6 is 11.3 Å². The van der Waals surface area contributed by atoms with Crippen LogP contribution in [0.3, 0.4) is 0 Å². The second kappa shape index (κ2) is 27.3. The van der Waals surface area contributed by atoms with Crippen molar-refractivity contribution >= 4 is 34.8 Å². The van der Waals surface area contributed by atoms with E-state index in [0.29, 0.717) is 45.2 Å². The number of likely N-dealkylation sites (tertiary alicyclic amines) is 1. The second-order valence-electron chi connectivity index (χ2n) is 18.6. The third-order valence-corrected chi connectivity index (χ3v) is 13.9. The molecule has 2 heterocycles. The van der Waals surface area contributed by atoms with Crippen LogP contribution in [0.15, 0.2) is 41.9 Å². The number of hydrogen-bond acceptors (Lipinski definition) is 11. The standard InChI is InChI=1S/C49H82N6O7S/c1-14-35(8)45(54(11)49(59)38(32(2)3)30-41(56)44(33(4)5)53(10)25-27-62-26-22-50-34(6)7)42(60-12)31-43(57)55-24-18-21-40(55)46(61-13)36(9)47(58)52-39(48-51-23-28-63-48)29-37-19-16-15-17-20-37/h15-17,19-20,23,28,32-36,38-40,42,44-46,50H,14,18,21-22,24-27,29-31H2,1-13H3,(H,52,58)/t35-,36+,38-,39-,40-,42+,44-,45-,46+/m0/s1. The third-order valence-electron chi connectivity index (χ3n) is 13.0. The molecule has 63 heavy (non-hydrogen) atoms. The van der Waals surface area contributed by atoms with Gasteiger partial charge in [0.2, 0.25) is 17.7 Å². The molecule has 1 aromatic carbocycles. The summed E-state index contributed by atoms with van der Waals surface area (Å²) < 4.78 is 18.1. The minimum absolute atomic E-state index is 0.00279. The van der Waals surface area contributed by atoms with Crippen LogP contribution in [0.1, 0.15) is 111 Å². The van der Waals surface area contributed by atoms with Crippen LogP contribution in [0, 0.1) is 29.6 Å². The van der Waals surface area contributed by atoms with Gasteiger partial charge in [-0.2, -0.15) is 0 Å². The Labute approximate surface area is 383 Å². The van der Waals surface area contributed by atoms with Crippen molar-refractivity contribution in [3.8, 4) is 0 Å². The predicted molar refractivity (Wildman–Crippen MR) is 252 cm³/mol. The number of benzene rings is 1. The SMILES string of the molecule is CC[C@H](C)[C@@H]([C@@H](CC(=O)N1CCC[C@H]1[C@H](OC)[C@@H](C)C(=O)N[C@@H](Cc1ccccc1)c1nccs1)OC)N(C)C(=O)[C@@H](CC(=O)[C@H](C(C)C)N(C)CCOCCNC(C)C)C(C)C. The number of nitrogens with zero attached hydrogens (tertiary/aromatic N) is 4. The molecule has 1 aliphatic rings. The lowest BCUT2D eigenvalue weighted by Gasteiger charge is -2.41. The summed E-state index contributed by atoms with van der Waals surface area (Å²) in [7, 11) is 6.96. The fourth-order valence-electron chi connectivity index (χ4n) is 9.27. The van der Waals surface area contributed by atoms with Crippen molar-refractivity contribution in [1.29, 1.82) is 0 Å². The van der Waals surface area contributed by atoms with Crippen LogP contribution in [0.4, 0.5) is 0 Å². The van der Waals surface area contributed by atoms with E-state index in [1.165, 1.54) is 11.3 Å². The highest BCUT2D eigenvalue weighted by Crippen LogP contribution is 2.32. The number of thiazole rings is 1. The van der Waals surface area contributed by atoms with Gasteiger partial charge in [0.1, 0.15) is 5.01 Å². The van der Waals surface area contributed by atoms with Gasteiger partial charge < -0.3 is 34.6 Å². The number of ether oxygens (including phenoxy) is 3. The lowest BCUT2D eigenvalue weighted by Crippen LogP contribution is -2.54. The summed E-state index contributed by atoms with van der Waals surface area (Å²) >= 11 is 1.51. The Kier molecular flexibility index (Phi) is 23.4. The number of aromatic nitrogens is 1. The molecule has 2 aromatic rings. The molecule has 0 aliphatic carbocycles. The maximum absolute atomic E-state index is 14.6. The van der Waals surface area contributed by atoms with Crippen molar-refractivity contribution in [2.24, 2.45) is 29.6 Å². The van der Waals surface area contributed by atoms with Gasteiger partial charge in [-0.25, -0.2) is 4.98 Å². The monoisotopic (exact) mass is 899 g/mol. The van der Waals surface area contributed by atoms with E-state index in [2.05, 4.69) is 48.2 Å². The quantitative estimate of drug-likeness (QED) is 0.0852. The zero-order valence-corrected chi connectivity index (χ0v) is 41.6. The minimum Gasteiger partial charge on any atom is -0.379 e. The number of carbonyl (C=O) groups excluding carboxylic acids is 4. The maximum atomic E-state index is 14.6. The molecule has 13 nitrogen and oxygen atoms in total. The summed E-state index contributed by atoms with van der Waals surface area (Å²) in [5, 5.41) is 9.34. The van der Waals surface area contributed by atoms with Gasteiger partial charge in [-0.3, -0.25) is 24.1 Å². The first kappa shape index (κ1) is 54.1. The number of ketones is 1. The van der Waals surface area contributed by atoms with Crippen LogP contribution in [0.25, 0.3) is 0 Å². The summed E-state index contributed by atoms with van der Waals surface area (Å²) in [5.74, 6) is -1.49. The van der Waals surface area contributed by atoms with Gasteiger partial charge in [-0.1, -0.05) is 99.1 Å². The molecule has 0 saturated carbocycles. The Balaban J connectivity index is 1.74. The largest absolute Gasteiger partial charge is 0.379 e. The van der Waals surface area contributed by atoms with Crippen molar-refractivity contribution in [2.75, 3.05) is 61.2 Å². The fourth-order valence-corrected chi connectivity index (χ4v) is 9.96. The first-order chi connectivity index (χ1) is 30.0. The zero-order valence-electron chi connectivity index (χ0n) is 40.8. The smallest absolute Gasteiger partial charge is 0.226 e. The Bertz CT molecular complexity index is 1650. The van der Waals surface area contributed by atoms with Gasteiger partial charge in [0.05, 0.1) is 61.9 Å². The summed E-state index contributed by atoms with van der Waals surface area (Å²) in [6.45, 7) is 21.3. The van der Waals surface area contributed by atoms with E-state index in [4.69, 9.17) is 14.2 Å². The highest BCUT2D eigenvalue weighted by Gasteiger charge is 2.43. The number of Topliss-reactive ketones (excluding diaryl/α,β-unsaturated/α-hetero) is 1. The lowest BCUT2D eigenvalue weighted by atomic mass is 9.83. The molecule has 1 saturated heterocycles. The molecule has 3 rings (SSSR count). The topological polar surface area (TPSA) is 143 Å². The highest BCUT2D eigenvalue weighted by atomic mass is 32.1. The highest BCUT2D eigenvalue weighted by molar-refractivity contribution is 7.09. The third kappa shape index (κ3) is 16.0. The fraction of sp³-hybridized carbons (Fsp3) is 0.735. The van der Waals surface area contributed by atoms with Crippen molar-refractivity contribution in [3.05, 3.63) is 52.5 Å². The second-order valence-corrected chi connectivity index (χ2v) is 19.5. The van der Waals surface area contributed by atoms with Crippen LogP contribution in [0.5, 0.6) is 0 Å². The number of rotatable bonds is 29. The van der Waals surface area contributed by atoms with E-state index in [-0.39, 0.29) is 72.2 Å². The van der Waals surface area contributed by atoms with Crippen molar-refractivity contribution in [1.82, 2.24) is 30.3 Å². The first-order valence-corrected chi connectivity index (χ1v) is 24.2. The number of hydrogen-bond donors (Lipinski definition) is 2. The molecule has 0 bridgehead atoms. The van der Waals surface area contributed by atoms with E-state index >= 15 is 0 Å². The predicted octanol–water partition coefficient (Wildman–Crippen LogP) is 6.67. The van der Waals surface area contributed by atoms with Crippen LogP contribution in [-0.2, 0) is 39.8 Å². The lowest BCUT2D eigenvalue weighted by molar-refractivity contribution is -0.149. The Morgan fingerprint density at radius 3 is 2.21 bits per heavy atom. The molecule has 14 heteroatoms. The summed E-state index contributed by atoms with van der Waals surface area (Å²) in [4.78, 5) is 67.4. The number of likely N-dealkylation sites (N-methyl/N-ethyl adjacent to an activating group) is 2. The maximum Gasteiger partial charge on any atom is 0.226 e. The molecule has 0 unspecified atom stereocenters. The van der Waals surface area contributed by atoms with Gasteiger partial charge in [0.25, 0.3) is 0 Å². The first-order valence-electron chi connectivity index (χ1n) is 23.4. The molecule has 1 aliphatic heterocycles. The van der Waals surface area contributed by atoms with Crippen LogP contribution < -0.4 is 10.6 Å². The van der Waals surface area contributed by atoms with Gasteiger partial charge in [0.15, 0.2) is 5.78 Å². The normalized spacial score (nSPS) is 18.3. The van der Waals surface area contributed by atoms with E-state index in [1.807, 2.05) is 82.3 Å². The molecule has 356 valence electrons. The summed E-state index contributed by atoms with van der Waals surface area (Å²) in [6.07, 6.45) is 3.62. The molecule has 2 N–H and O–H groups in total. The Morgan fingerprint density at radius 1 is 0.937 bits per heavy atom. The van der Waals surface area contributed by atoms with Crippen molar-refractivity contribution in [2.45, 2.75) is 143 Å². The van der Waals surface area contributed by atoms with Crippen LogP contribution in [-0.4, -0.2) is 141 Å². The molecule has 3 amide bonds. The molecular weight excluding hydrogens is 817 g/mol. The molecule has 9 atom stereocenters. The Morgan fingerprint density at radius 2 is 1.63 bits per heavy atom. The van der Waals surface area contributed by atoms with E-state index < -0.39 is 30.1 Å². The summed E-state index contributed by atoms with van der Waals surface area (Å²) in [5.41, 5.74) is 1.09. The number of methoxy groups -OCH3 is 2. The van der Waals surface area contributed by atoms with Crippen molar-refractivity contribution < 1.29 is 33.4 Å². The van der Waals surface area contributed by atoms with Crippen molar-refractivity contribution in [3.63, 3.8) is 0 Å².